The number of ether oxygens (including phenoxy) is 1. The Kier molecular flexibility index (Phi) is 4.71. The quantitative estimate of drug-likeness (QED) is 0.754. The topological polar surface area (TPSA) is 51.2 Å². The van der Waals surface area contributed by atoms with Gasteiger partial charge in [0.15, 0.2) is 5.13 Å². The van der Waals surface area contributed by atoms with Gasteiger partial charge in [-0.15, -0.1) is 11.3 Å². The predicted octanol–water partition coefficient (Wildman–Crippen LogP) is 4.23. The molecule has 0 aliphatic carbocycles. The summed E-state index contributed by atoms with van der Waals surface area (Å²) < 4.78 is 5.71. The Hall–Kier alpha value is -2.66. The van der Waals surface area contributed by atoms with Gasteiger partial charge in [0.1, 0.15) is 12.4 Å². The highest BCUT2D eigenvalue weighted by Gasteiger charge is 2.26. The van der Waals surface area contributed by atoms with Crippen LogP contribution in [-0.2, 0) is 17.6 Å². The number of nitrogens with zero attached hydrogens (tertiary/aromatic N) is 1. The van der Waals surface area contributed by atoms with Crippen molar-refractivity contribution in [2.24, 2.45) is 5.92 Å². The molecule has 0 saturated carbocycles. The molecule has 0 saturated heterocycles. The fourth-order valence-electron chi connectivity index (χ4n) is 3.06. The zero-order valence-corrected chi connectivity index (χ0v) is 15.4. The van der Waals surface area contributed by atoms with Crippen LogP contribution in [0.25, 0.3) is 0 Å². The third-order valence-corrected chi connectivity index (χ3v) is 5.45. The van der Waals surface area contributed by atoms with E-state index in [2.05, 4.69) is 41.5 Å². The highest BCUT2D eigenvalue weighted by atomic mass is 32.1. The molecule has 0 radical (unpaired) electrons. The molecule has 4 nitrogen and oxygen atoms in total. The largest absolute Gasteiger partial charge is 0.492 e. The highest BCUT2D eigenvalue weighted by Crippen LogP contribution is 2.28. The van der Waals surface area contributed by atoms with Crippen LogP contribution in [0, 0.1) is 12.8 Å². The molecule has 0 bridgehead atoms. The molecular weight excluding hydrogens is 344 g/mol. The number of hydrogen-bond acceptors (Lipinski definition) is 4. The molecule has 1 N–H and O–H groups in total. The van der Waals surface area contributed by atoms with Crippen LogP contribution in [0.1, 0.15) is 21.6 Å². The highest BCUT2D eigenvalue weighted by molar-refractivity contribution is 7.15. The van der Waals surface area contributed by atoms with Gasteiger partial charge in [0.2, 0.25) is 5.91 Å². The Morgan fingerprint density at radius 1 is 1.23 bits per heavy atom. The molecule has 3 aromatic rings. The SMILES string of the molecule is Cc1ccc(Cc2cnc(NC(=O)C3COc4ccccc4C3)s2)cc1. The van der Waals surface area contributed by atoms with Crippen LogP contribution in [0.2, 0.25) is 0 Å². The number of aromatic nitrogens is 1. The van der Waals surface area contributed by atoms with Crippen molar-refractivity contribution in [1.29, 1.82) is 0 Å². The standard InChI is InChI=1S/C21H20N2O2S/c1-14-6-8-15(9-7-14)10-18-12-22-21(26-18)23-20(24)17-11-16-4-2-3-5-19(16)25-13-17/h2-9,12,17H,10-11,13H2,1H3,(H,22,23,24). The number of carbonyl (C=O) groups is 1. The molecule has 1 aliphatic heterocycles. The lowest BCUT2D eigenvalue weighted by Crippen LogP contribution is -2.32. The fourth-order valence-corrected chi connectivity index (χ4v) is 3.91. The number of thiazole rings is 1. The average molecular weight is 364 g/mol. The zero-order chi connectivity index (χ0) is 17.9. The van der Waals surface area contributed by atoms with Crippen molar-refractivity contribution in [3.05, 3.63) is 76.3 Å². The Morgan fingerprint density at radius 3 is 2.88 bits per heavy atom. The lowest BCUT2D eigenvalue weighted by atomic mass is 9.96. The van der Waals surface area contributed by atoms with Gasteiger partial charge in [-0.2, -0.15) is 0 Å². The lowest BCUT2D eigenvalue weighted by Gasteiger charge is -2.24. The van der Waals surface area contributed by atoms with E-state index in [4.69, 9.17) is 4.74 Å². The summed E-state index contributed by atoms with van der Waals surface area (Å²) in [5, 5.41) is 3.60. The first-order chi connectivity index (χ1) is 12.7. The van der Waals surface area contributed by atoms with Gasteiger partial charge < -0.3 is 10.1 Å². The number of nitrogens with one attached hydrogen (secondary N) is 1. The maximum Gasteiger partial charge on any atom is 0.233 e. The van der Waals surface area contributed by atoms with Crippen LogP contribution in [0.5, 0.6) is 5.75 Å². The van der Waals surface area contributed by atoms with E-state index in [9.17, 15) is 4.79 Å². The maximum absolute atomic E-state index is 12.6. The number of rotatable bonds is 4. The van der Waals surface area contributed by atoms with Gasteiger partial charge in [0, 0.05) is 17.5 Å². The van der Waals surface area contributed by atoms with Crippen molar-refractivity contribution in [3.8, 4) is 5.75 Å². The minimum absolute atomic E-state index is 0.0317. The molecule has 1 amide bonds. The summed E-state index contributed by atoms with van der Waals surface area (Å²) in [4.78, 5) is 18.0. The van der Waals surface area contributed by atoms with E-state index in [1.54, 1.807) is 0 Å². The number of benzene rings is 2. The van der Waals surface area contributed by atoms with E-state index in [0.717, 1.165) is 22.6 Å². The van der Waals surface area contributed by atoms with Crippen LogP contribution in [0.4, 0.5) is 5.13 Å². The van der Waals surface area contributed by atoms with Crippen molar-refractivity contribution in [2.75, 3.05) is 11.9 Å². The number of para-hydroxylation sites is 1. The Bertz CT molecular complexity index is 918. The minimum atomic E-state index is -0.186. The summed E-state index contributed by atoms with van der Waals surface area (Å²) in [5.74, 6) is 0.663. The second kappa shape index (κ2) is 7.30. The van der Waals surface area contributed by atoms with Crippen LogP contribution in [-0.4, -0.2) is 17.5 Å². The van der Waals surface area contributed by atoms with Gasteiger partial charge >= 0.3 is 0 Å². The Morgan fingerprint density at radius 2 is 2.04 bits per heavy atom. The molecule has 0 fully saturated rings. The first-order valence-corrected chi connectivity index (χ1v) is 9.51. The third-order valence-electron chi connectivity index (χ3n) is 4.53. The lowest BCUT2D eigenvalue weighted by molar-refractivity contribution is -0.121. The zero-order valence-electron chi connectivity index (χ0n) is 14.6. The van der Waals surface area contributed by atoms with Crippen molar-refractivity contribution >= 4 is 22.4 Å². The van der Waals surface area contributed by atoms with E-state index in [1.165, 1.54) is 22.5 Å². The summed E-state index contributed by atoms with van der Waals surface area (Å²) >= 11 is 1.53. The van der Waals surface area contributed by atoms with Gasteiger partial charge in [-0.3, -0.25) is 4.79 Å². The molecule has 1 unspecified atom stereocenters. The molecule has 1 atom stereocenters. The Balaban J connectivity index is 1.38. The van der Waals surface area contributed by atoms with Gasteiger partial charge in [-0.1, -0.05) is 48.0 Å². The second-order valence-electron chi connectivity index (χ2n) is 6.60. The number of amides is 1. The minimum Gasteiger partial charge on any atom is -0.492 e. The second-order valence-corrected chi connectivity index (χ2v) is 7.72. The summed E-state index contributed by atoms with van der Waals surface area (Å²) in [7, 11) is 0. The summed E-state index contributed by atoms with van der Waals surface area (Å²) in [6.45, 7) is 2.49. The first kappa shape index (κ1) is 16.8. The van der Waals surface area contributed by atoms with Crippen molar-refractivity contribution in [3.63, 3.8) is 0 Å². The number of carbonyl (C=O) groups excluding carboxylic acids is 1. The average Bonchev–Trinajstić information content (AvgIpc) is 3.10. The van der Waals surface area contributed by atoms with Gasteiger partial charge in [0.05, 0.1) is 5.92 Å². The molecule has 1 aliphatic rings. The van der Waals surface area contributed by atoms with E-state index in [1.807, 2.05) is 30.5 Å². The molecule has 4 rings (SSSR count). The molecule has 5 heteroatoms. The Labute approximate surface area is 156 Å². The molecule has 0 spiro atoms. The molecule has 1 aromatic heterocycles. The molecule has 132 valence electrons. The number of hydrogen-bond donors (Lipinski definition) is 1. The van der Waals surface area contributed by atoms with E-state index in [0.29, 0.717) is 18.2 Å². The number of anilines is 1. The number of aryl methyl sites for hydroxylation is 1. The number of fused-ring (bicyclic) bond motifs is 1. The predicted molar refractivity (Wildman–Crippen MR) is 104 cm³/mol. The monoisotopic (exact) mass is 364 g/mol. The summed E-state index contributed by atoms with van der Waals surface area (Å²) in [5.41, 5.74) is 3.58. The first-order valence-electron chi connectivity index (χ1n) is 8.69. The summed E-state index contributed by atoms with van der Waals surface area (Å²) in [6.07, 6.45) is 3.37. The molecule has 26 heavy (non-hydrogen) atoms. The summed E-state index contributed by atoms with van der Waals surface area (Å²) in [6, 6.07) is 16.4. The van der Waals surface area contributed by atoms with Crippen molar-refractivity contribution in [1.82, 2.24) is 4.98 Å². The van der Waals surface area contributed by atoms with Crippen LogP contribution < -0.4 is 10.1 Å². The molecular formula is C21H20N2O2S. The van der Waals surface area contributed by atoms with E-state index in [-0.39, 0.29) is 11.8 Å². The fraction of sp³-hybridized carbons (Fsp3) is 0.238. The van der Waals surface area contributed by atoms with Gasteiger partial charge in [-0.05, 0) is 30.5 Å². The van der Waals surface area contributed by atoms with Crippen LogP contribution in [0.15, 0.2) is 54.7 Å². The van der Waals surface area contributed by atoms with Gasteiger partial charge in [0.25, 0.3) is 0 Å². The van der Waals surface area contributed by atoms with Crippen LogP contribution in [0.3, 0.4) is 0 Å². The van der Waals surface area contributed by atoms with Gasteiger partial charge in [-0.25, -0.2) is 4.98 Å². The molecule has 2 aromatic carbocycles. The van der Waals surface area contributed by atoms with Crippen LogP contribution >= 0.6 is 11.3 Å². The maximum atomic E-state index is 12.6. The molecule has 2 heterocycles. The normalized spacial score (nSPS) is 15.8. The van der Waals surface area contributed by atoms with E-state index >= 15 is 0 Å². The van der Waals surface area contributed by atoms with E-state index < -0.39 is 0 Å². The van der Waals surface area contributed by atoms with Crippen molar-refractivity contribution < 1.29 is 9.53 Å². The van der Waals surface area contributed by atoms with Crippen molar-refractivity contribution in [2.45, 2.75) is 19.8 Å². The third kappa shape index (κ3) is 3.78. The smallest absolute Gasteiger partial charge is 0.233 e.